The van der Waals surface area contributed by atoms with Gasteiger partial charge in [0.05, 0.1) is 0 Å². The highest BCUT2D eigenvalue weighted by Crippen LogP contribution is 2.34. The molecule has 0 amide bonds. The van der Waals surface area contributed by atoms with E-state index in [0.717, 1.165) is 19.3 Å². The summed E-state index contributed by atoms with van der Waals surface area (Å²) in [6, 6.07) is 0. The summed E-state index contributed by atoms with van der Waals surface area (Å²) in [6.07, 6.45) is 4.16. The molecule has 3 heteroatoms. The van der Waals surface area contributed by atoms with Crippen LogP contribution in [0.4, 0.5) is 0 Å². The van der Waals surface area contributed by atoms with Crippen LogP contribution in [0.25, 0.3) is 0 Å². The molecule has 2 atom stereocenters. The molecule has 1 saturated carbocycles. The zero-order valence-corrected chi connectivity index (χ0v) is 8.05. The highest BCUT2D eigenvalue weighted by Gasteiger charge is 2.43. The van der Waals surface area contributed by atoms with Crippen molar-refractivity contribution in [2.75, 3.05) is 6.54 Å². The molecule has 0 heterocycles. The number of carboxylic acids is 1. The summed E-state index contributed by atoms with van der Waals surface area (Å²) in [6.45, 7) is 6.24. The van der Waals surface area contributed by atoms with Gasteiger partial charge in [0.2, 0.25) is 0 Å². The van der Waals surface area contributed by atoms with Crippen LogP contribution in [-0.4, -0.2) is 23.2 Å². The number of rotatable bonds is 4. The summed E-state index contributed by atoms with van der Waals surface area (Å²) in [7, 11) is 0. The molecule has 2 unspecified atom stereocenters. The van der Waals surface area contributed by atoms with Crippen LogP contribution in [0, 0.1) is 5.92 Å². The molecule has 2 N–H and O–H groups in total. The molecule has 74 valence electrons. The Morgan fingerprint density at radius 3 is 2.92 bits per heavy atom. The van der Waals surface area contributed by atoms with Crippen molar-refractivity contribution in [1.82, 2.24) is 5.32 Å². The molecule has 0 spiro atoms. The molecule has 0 aliphatic heterocycles. The first-order valence-electron chi connectivity index (χ1n) is 4.70. The van der Waals surface area contributed by atoms with Gasteiger partial charge in [0.15, 0.2) is 0 Å². The van der Waals surface area contributed by atoms with Gasteiger partial charge >= 0.3 is 5.97 Å². The molecule has 1 rings (SSSR count). The van der Waals surface area contributed by atoms with Crippen LogP contribution in [0.3, 0.4) is 0 Å². The van der Waals surface area contributed by atoms with Gasteiger partial charge in [0.1, 0.15) is 5.54 Å². The van der Waals surface area contributed by atoms with Crippen LogP contribution in [-0.2, 0) is 4.79 Å². The first kappa shape index (κ1) is 10.3. The molecule has 13 heavy (non-hydrogen) atoms. The Labute approximate surface area is 78.8 Å². The molecule has 0 bridgehead atoms. The van der Waals surface area contributed by atoms with Crippen LogP contribution in [0.5, 0.6) is 0 Å². The standard InChI is InChI=1S/C10H17NO2/c1-3-6-11-10(9(12)13)5-4-8(2)7-10/h3,8,11H,1,4-7H2,2H3,(H,12,13). The van der Waals surface area contributed by atoms with Gasteiger partial charge in [-0.3, -0.25) is 10.1 Å². The van der Waals surface area contributed by atoms with Crippen molar-refractivity contribution in [2.24, 2.45) is 5.92 Å². The van der Waals surface area contributed by atoms with Crippen molar-refractivity contribution in [2.45, 2.75) is 31.7 Å². The van der Waals surface area contributed by atoms with Gasteiger partial charge in [0.25, 0.3) is 0 Å². The maximum atomic E-state index is 11.1. The van der Waals surface area contributed by atoms with Crippen molar-refractivity contribution in [1.29, 1.82) is 0 Å². The predicted octanol–water partition coefficient (Wildman–Crippen LogP) is 1.41. The summed E-state index contributed by atoms with van der Waals surface area (Å²) >= 11 is 0. The van der Waals surface area contributed by atoms with Crippen molar-refractivity contribution in [3.05, 3.63) is 12.7 Å². The molecule has 1 fully saturated rings. The van der Waals surface area contributed by atoms with Crippen LogP contribution in [0.2, 0.25) is 0 Å². The van der Waals surface area contributed by atoms with Gasteiger partial charge in [-0.05, 0) is 25.2 Å². The van der Waals surface area contributed by atoms with Gasteiger partial charge in [-0.1, -0.05) is 13.0 Å². The summed E-state index contributed by atoms with van der Waals surface area (Å²) < 4.78 is 0. The van der Waals surface area contributed by atoms with Gasteiger partial charge < -0.3 is 5.11 Å². The molecule has 0 saturated heterocycles. The van der Waals surface area contributed by atoms with E-state index in [4.69, 9.17) is 5.11 Å². The largest absolute Gasteiger partial charge is 0.480 e. The lowest BCUT2D eigenvalue weighted by molar-refractivity contribution is -0.144. The van der Waals surface area contributed by atoms with E-state index in [0.29, 0.717) is 12.5 Å². The number of nitrogens with one attached hydrogen (secondary N) is 1. The number of carboxylic acid groups (broad SMARTS) is 1. The maximum absolute atomic E-state index is 11.1. The van der Waals surface area contributed by atoms with Gasteiger partial charge in [-0.2, -0.15) is 0 Å². The first-order valence-corrected chi connectivity index (χ1v) is 4.70. The lowest BCUT2D eigenvalue weighted by atomic mass is 9.96. The quantitative estimate of drug-likeness (QED) is 0.648. The number of hydrogen-bond donors (Lipinski definition) is 2. The Morgan fingerprint density at radius 1 is 1.85 bits per heavy atom. The Bertz CT molecular complexity index is 215. The van der Waals surface area contributed by atoms with E-state index < -0.39 is 11.5 Å². The number of aliphatic carboxylic acids is 1. The summed E-state index contributed by atoms with van der Waals surface area (Å²) in [5.74, 6) is -0.216. The highest BCUT2D eigenvalue weighted by atomic mass is 16.4. The van der Waals surface area contributed by atoms with E-state index in [9.17, 15) is 4.79 Å². The van der Waals surface area contributed by atoms with Crippen LogP contribution in [0.15, 0.2) is 12.7 Å². The fourth-order valence-electron chi connectivity index (χ4n) is 1.99. The molecule has 3 nitrogen and oxygen atoms in total. The molecular formula is C10H17NO2. The minimum absolute atomic E-state index is 0.508. The maximum Gasteiger partial charge on any atom is 0.323 e. The number of carbonyl (C=O) groups is 1. The number of hydrogen-bond acceptors (Lipinski definition) is 2. The second-order valence-corrected chi connectivity index (χ2v) is 3.90. The average molecular weight is 183 g/mol. The zero-order valence-electron chi connectivity index (χ0n) is 8.05. The summed E-state index contributed by atoms with van der Waals surface area (Å²) in [4.78, 5) is 11.1. The molecule has 0 aromatic rings. The fraction of sp³-hybridized carbons (Fsp3) is 0.700. The van der Waals surface area contributed by atoms with Crippen LogP contribution in [0.1, 0.15) is 26.2 Å². The highest BCUT2D eigenvalue weighted by molar-refractivity contribution is 5.79. The molecule has 1 aliphatic carbocycles. The molecule has 0 aromatic heterocycles. The third-order valence-corrected chi connectivity index (χ3v) is 2.76. The minimum atomic E-state index is -0.723. The Morgan fingerprint density at radius 2 is 2.54 bits per heavy atom. The van der Waals surface area contributed by atoms with E-state index in [1.807, 2.05) is 0 Å². The third kappa shape index (κ3) is 2.10. The molecular weight excluding hydrogens is 166 g/mol. The van der Waals surface area contributed by atoms with Crippen LogP contribution < -0.4 is 5.32 Å². The van der Waals surface area contributed by atoms with Crippen molar-refractivity contribution < 1.29 is 9.90 Å². The van der Waals surface area contributed by atoms with E-state index in [-0.39, 0.29) is 0 Å². The SMILES string of the molecule is C=CCNC1(C(=O)O)CCC(C)C1. The van der Waals surface area contributed by atoms with E-state index >= 15 is 0 Å². The topological polar surface area (TPSA) is 49.3 Å². The summed E-state index contributed by atoms with van der Waals surface area (Å²) in [5.41, 5.74) is -0.687. The smallest absolute Gasteiger partial charge is 0.323 e. The Balaban J connectivity index is 2.65. The third-order valence-electron chi connectivity index (χ3n) is 2.76. The van der Waals surface area contributed by atoms with Crippen LogP contribution >= 0.6 is 0 Å². The van der Waals surface area contributed by atoms with Crippen molar-refractivity contribution in [3.63, 3.8) is 0 Å². The monoisotopic (exact) mass is 183 g/mol. The van der Waals surface area contributed by atoms with Gasteiger partial charge in [-0.15, -0.1) is 6.58 Å². The Kier molecular flexibility index (Phi) is 3.09. The van der Waals surface area contributed by atoms with E-state index in [2.05, 4.69) is 18.8 Å². The van der Waals surface area contributed by atoms with E-state index in [1.54, 1.807) is 6.08 Å². The summed E-state index contributed by atoms with van der Waals surface area (Å²) in [5, 5.41) is 12.2. The average Bonchev–Trinajstić information content (AvgIpc) is 2.45. The second kappa shape index (κ2) is 3.92. The lowest BCUT2D eigenvalue weighted by Gasteiger charge is -2.25. The molecule has 0 radical (unpaired) electrons. The van der Waals surface area contributed by atoms with Gasteiger partial charge in [0, 0.05) is 6.54 Å². The lowest BCUT2D eigenvalue weighted by Crippen LogP contribution is -2.50. The predicted molar refractivity (Wildman–Crippen MR) is 51.6 cm³/mol. The second-order valence-electron chi connectivity index (χ2n) is 3.90. The van der Waals surface area contributed by atoms with Crippen molar-refractivity contribution >= 4 is 5.97 Å². The van der Waals surface area contributed by atoms with Gasteiger partial charge in [-0.25, -0.2) is 0 Å². The van der Waals surface area contributed by atoms with Crippen molar-refractivity contribution in [3.8, 4) is 0 Å². The first-order chi connectivity index (χ1) is 6.10. The van der Waals surface area contributed by atoms with E-state index in [1.165, 1.54) is 0 Å². The fourth-order valence-corrected chi connectivity index (χ4v) is 1.99. The Hall–Kier alpha value is -0.830. The molecule has 1 aliphatic rings. The normalized spacial score (nSPS) is 33.2. The minimum Gasteiger partial charge on any atom is -0.480 e. The molecule has 0 aromatic carbocycles. The zero-order chi connectivity index (χ0) is 9.90.